The molecule has 0 bridgehead atoms. The summed E-state index contributed by atoms with van der Waals surface area (Å²) in [5, 5.41) is 9.28. The molecule has 0 aliphatic carbocycles. The number of nitrogens with zero attached hydrogens (tertiary/aromatic N) is 2. The zero-order valence-corrected chi connectivity index (χ0v) is 15.7. The van der Waals surface area contributed by atoms with E-state index in [0.717, 1.165) is 30.7 Å². The van der Waals surface area contributed by atoms with E-state index in [4.69, 9.17) is 4.74 Å². The number of nitrogens with one attached hydrogen (secondary N) is 2. The molecule has 0 atom stereocenters. The number of aromatic amines is 1. The van der Waals surface area contributed by atoms with E-state index in [1.54, 1.807) is 6.07 Å². The average molecular weight is 396 g/mol. The lowest BCUT2D eigenvalue weighted by Crippen LogP contribution is -2.40. The van der Waals surface area contributed by atoms with Crippen molar-refractivity contribution in [1.29, 1.82) is 0 Å². The highest BCUT2D eigenvalue weighted by Gasteiger charge is 2.29. The van der Waals surface area contributed by atoms with Crippen LogP contribution in [0.25, 0.3) is 0 Å². The molecule has 0 unspecified atom stereocenters. The van der Waals surface area contributed by atoms with Gasteiger partial charge in [-0.2, -0.15) is 9.40 Å². The van der Waals surface area contributed by atoms with E-state index in [1.807, 2.05) is 6.92 Å². The van der Waals surface area contributed by atoms with Crippen molar-refractivity contribution in [3.05, 3.63) is 41.5 Å². The van der Waals surface area contributed by atoms with Gasteiger partial charge in [0.1, 0.15) is 10.7 Å². The Kier molecular flexibility index (Phi) is 5.88. The van der Waals surface area contributed by atoms with Crippen LogP contribution in [0, 0.1) is 5.82 Å². The summed E-state index contributed by atoms with van der Waals surface area (Å²) in [7, 11) is -4.01. The maximum atomic E-state index is 14.2. The molecule has 1 aromatic carbocycles. The maximum absolute atomic E-state index is 14.2. The minimum absolute atomic E-state index is 0.159. The minimum atomic E-state index is -4.01. The summed E-state index contributed by atoms with van der Waals surface area (Å²) < 4.78 is 45.9. The number of carbonyl (C=O) groups is 1. The number of sulfonamides is 1. The number of benzene rings is 1. The van der Waals surface area contributed by atoms with Gasteiger partial charge in [-0.15, -0.1) is 0 Å². The Bertz CT molecular complexity index is 923. The van der Waals surface area contributed by atoms with Crippen LogP contribution in [0.4, 0.5) is 10.1 Å². The number of hydrogen-bond acceptors (Lipinski definition) is 5. The standard InChI is InChI=1S/C17H21FN4O4S/c1-2-3-13-10-15(21-20-13)17(23)19-12-4-5-14(18)16(11-12)27(24,25)22-6-8-26-9-7-22/h4-5,10-11H,2-3,6-9H2,1H3,(H,19,23)(H,20,21). The third-order valence-electron chi connectivity index (χ3n) is 4.16. The number of anilines is 1. The summed E-state index contributed by atoms with van der Waals surface area (Å²) in [5.41, 5.74) is 1.19. The van der Waals surface area contributed by atoms with Gasteiger partial charge in [0.15, 0.2) is 5.69 Å². The lowest BCUT2D eigenvalue weighted by atomic mass is 10.2. The van der Waals surface area contributed by atoms with Crippen molar-refractivity contribution in [3.63, 3.8) is 0 Å². The fourth-order valence-corrected chi connectivity index (χ4v) is 4.27. The molecule has 1 aromatic heterocycles. The first kappa shape index (κ1) is 19.5. The highest BCUT2D eigenvalue weighted by Crippen LogP contribution is 2.24. The summed E-state index contributed by atoms with van der Waals surface area (Å²) in [4.78, 5) is 11.8. The number of amides is 1. The Morgan fingerprint density at radius 1 is 1.33 bits per heavy atom. The third kappa shape index (κ3) is 4.34. The van der Waals surface area contributed by atoms with Crippen LogP contribution in [0.15, 0.2) is 29.2 Å². The molecule has 0 radical (unpaired) electrons. The van der Waals surface area contributed by atoms with Gasteiger partial charge < -0.3 is 10.1 Å². The van der Waals surface area contributed by atoms with Crippen LogP contribution in [0.3, 0.4) is 0 Å². The number of aryl methyl sites for hydroxylation is 1. The van der Waals surface area contributed by atoms with Gasteiger partial charge in [-0.25, -0.2) is 12.8 Å². The van der Waals surface area contributed by atoms with Gasteiger partial charge in [-0.3, -0.25) is 9.89 Å². The second-order valence-electron chi connectivity index (χ2n) is 6.14. The first-order valence-corrected chi connectivity index (χ1v) is 10.1. The Hall–Kier alpha value is -2.30. The maximum Gasteiger partial charge on any atom is 0.276 e. The van der Waals surface area contributed by atoms with Gasteiger partial charge in [0.05, 0.1) is 13.2 Å². The second kappa shape index (κ2) is 8.15. The normalized spacial score (nSPS) is 15.6. The Morgan fingerprint density at radius 3 is 2.78 bits per heavy atom. The molecule has 2 N–H and O–H groups in total. The van der Waals surface area contributed by atoms with Crippen molar-refractivity contribution >= 4 is 21.6 Å². The largest absolute Gasteiger partial charge is 0.379 e. The quantitative estimate of drug-likeness (QED) is 0.774. The van der Waals surface area contributed by atoms with Crippen molar-refractivity contribution in [1.82, 2.24) is 14.5 Å². The molecule has 2 heterocycles. The fraction of sp³-hybridized carbons (Fsp3) is 0.412. The molecular weight excluding hydrogens is 375 g/mol. The van der Waals surface area contributed by atoms with E-state index < -0.39 is 26.6 Å². The van der Waals surface area contributed by atoms with Crippen LogP contribution >= 0.6 is 0 Å². The Balaban J connectivity index is 1.81. The predicted molar refractivity (Wildman–Crippen MR) is 96.5 cm³/mol. The number of rotatable bonds is 6. The lowest BCUT2D eigenvalue weighted by Gasteiger charge is -2.26. The second-order valence-corrected chi connectivity index (χ2v) is 8.05. The van der Waals surface area contributed by atoms with Crippen molar-refractivity contribution in [2.75, 3.05) is 31.6 Å². The van der Waals surface area contributed by atoms with Crippen LogP contribution in [0.1, 0.15) is 29.5 Å². The van der Waals surface area contributed by atoms with Gasteiger partial charge >= 0.3 is 0 Å². The molecule has 1 aliphatic heterocycles. The number of carbonyl (C=O) groups excluding carboxylic acids is 1. The van der Waals surface area contributed by atoms with Crippen molar-refractivity contribution < 1.29 is 22.3 Å². The van der Waals surface area contributed by atoms with E-state index in [1.165, 1.54) is 10.4 Å². The molecule has 27 heavy (non-hydrogen) atoms. The first-order chi connectivity index (χ1) is 12.9. The monoisotopic (exact) mass is 396 g/mol. The molecule has 1 fully saturated rings. The lowest BCUT2D eigenvalue weighted by molar-refractivity contribution is 0.0729. The van der Waals surface area contributed by atoms with E-state index in [-0.39, 0.29) is 37.7 Å². The molecule has 1 saturated heterocycles. The topological polar surface area (TPSA) is 104 Å². The molecular formula is C17H21FN4O4S. The SMILES string of the molecule is CCCc1cc(C(=O)Nc2ccc(F)c(S(=O)(=O)N3CCOCC3)c2)n[nH]1. The van der Waals surface area contributed by atoms with Gasteiger partial charge in [0.2, 0.25) is 10.0 Å². The molecule has 10 heteroatoms. The van der Waals surface area contributed by atoms with Crippen molar-refractivity contribution in [3.8, 4) is 0 Å². The van der Waals surface area contributed by atoms with E-state index in [2.05, 4.69) is 15.5 Å². The van der Waals surface area contributed by atoms with Crippen LogP contribution in [-0.4, -0.2) is 55.1 Å². The van der Waals surface area contributed by atoms with Crippen LogP contribution in [-0.2, 0) is 21.2 Å². The van der Waals surface area contributed by atoms with E-state index in [0.29, 0.717) is 0 Å². The van der Waals surface area contributed by atoms with Crippen LogP contribution in [0.5, 0.6) is 0 Å². The number of halogens is 1. The number of H-pyrrole nitrogens is 1. The summed E-state index contributed by atoms with van der Waals surface area (Å²) in [6.45, 7) is 2.85. The van der Waals surface area contributed by atoms with E-state index >= 15 is 0 Å². The molecule has 8 nitrogen and oxygen atoms in total. The first-order valence-electron chi connectivity index (χ1n) is 8.65. The number of morpholine rings is 1. The van der Waals surface area contributed by atoms with Crippen LogP contribution in [0.2, 0.25) is 0 Å². The summed E-state index contributed by atoms with van der Waals surface area (Å²) >= 11 is 0. The third-order valence-corrected chi connectivity index (χ3v) is 6.07. The summed E-state index contributed by atoms with van der Waals surface area (Å²) in [6.07, 6.45) is 1.67. The molecule has 0 saturated carbocycles. The molecule has 1 amide bonds. The molecule has 146 valence electrons. The van der Waals surface area contributed by atoms with E-state index in [9.17, 15) is 17.6 Å². The molecule has 3 rings (SSSR count). The molecule has 2 aromatic rings. The average Bonchev–Trinajstić information content (AvgIpc) is 3.13. The summed E-state index contributed by atoms with van der Waals surface area (Å²) in [6, 6.07) is 5.09. The van der Waals surface area contributed by atoms with Gasteiger partial charge in [0.25, 0.3) is 5.91 Å². The zero-order chi connectivity index (χ0) is 19.4. The highest BCUT2D eigenvalue weighted by atomic mass is 32.2. The van der Waals surface area contributed by atoms with Gasteiger partial charge in [-0.05, 0) is 30.7 Å². The molecule has 0 spiro atoms. The minimum Gasteiger partial charge on any atom is -0.379 e. The highest BCUT2D eigenvalue weighted by molar-refractivity contribution is 7.89. The number of aromatic nitrogens is 2. The smallest absolute Gasteiger partial charge is 0.276 e. The summed E-state index contributed by atoms with van der Waals surface area (Å²) in [5.74, 6) is -1.38. The van der Waals surface area contributed by atoms with Crippen molar-refractivity contribution in [2.45, 2.75) is 24.7 Å². The number of hydrogen-bond donors (Lipinski definition) is 2. The number of ether oxygens (including phenoxy) is 1. The Labute approximate surface area is 156 Å². The van der Waals surface area contributed by atoms with Gasteiger partial charge in [-0.1, -0.05) is 13.3 Å². The zero-order valence-electron chi connectivity index (χ0n) is 14.9. The van der Waals surface area contributed by atoms with Gasteiger partial charge in [0, 0.05) is 24.5 Å². The van der Waals surface area contributed by atoms with Crippen molar-refractivity contribution in [2.24, 2.45) is 0 Å². The predicted octanol–water partition coefficient (Wildman–Crippen LogP) is 1.77. The fourth-order valence-electron chi connectivity index (χ4n) is 2.78. The van der Waals surface area contributed by atoms with Crippen LogP contribution < -0.4 is 5.32 Å². The molecule has 1 aliphatic rings. The Morgan fingerprint density at radius 2 is 2.07 bits per heavy atom.